The number of rotatable bonds is 3. The van der Waals surface area contributed by atoms with E-state index in [0.717, 1.165) is 10.4 Å². The van der Waals surface area contributed by atoms with Gasteiger partial charge in [-0.25, -0.2) is 9.78 Å². The fraction of sp³-hybridized carbons (Fsp3) is 0.200. The molecule has 1 aromatic carbocycles. The molecule has 0 saturated carbocycles. The minimum atomic E-state index is -0.406. The molecular weight excluding hydrogens is 316 g/mol. The summed E-state index contributed by atoms with van der Waals surface area (Å²) < 4.78 is 7.01. The summed E-state index contributed by atoms with van der Waals surface area (Å²) in [4.78, 5) is 28.2. The normalized spacial score (nSPS) is 10.7. The number of benzene rings is 1. The smallest absolute Gasteiger partial charge is 0.337 e. The topological polar surface area (TPSA) is 86.1 Å². The van der Waals surface area contributed by atoms with E-state index in [0.29, 0.717) is 21.9 Å². The van der Waals surface area contributed by atoms with E-state index in [1.807, 2.05) is 6.92 Å². The van der Waals surface area contributed by atoms with Crippen LogP contribution in [0.3, 0.4) is 0 Å². The van der Waals surface area contributed by atoms with E-state index in [1.165, 1.54) is 23.1 Å². The molecule has 23 heavy (non-hydrogen) atoms. The maximum atomic E-state index is 12.3. The fourth-order valence-electron chi connectivity index (χ4n) is 2.21. The van der Waals surface area contributed by atoms with Gasteiger partial charge >= 0.3 is 5.97 Å². The summed E-state index contributed by atoms with van der Waals surface area (Å²) in [5.74, 6) is -0.684. The van der Waals surface area contributed by atoms with Crippen LogP contribution in [0.1, 0.15) is 26.5 Å². The zero-order valence-electron chi connectivity index (χ0n) is 12.8. The van der Waals surface area contributed by atoms with Crippen LogP contribution in [0.2, 0.25) is 0 Å². The number of anilines is 1. The van der Waals surface area contributed by atoms with Crippen LogP contribution >= 0.6 is 11.3 Å². The molecule has 0 aliphatic carbocycles. The zero-order chi connectivity index (χ0) is 16.6. The Hall–Kier alpha value is -2.74. The van der Waals surface area contributed by atoms with Gasteiger partial charge in [0.2, 0.25) is 0 Å². The van der Waals surface area contributed by atoms with Crippen LogP contribution < -0.4 is 5.32 Å². The number of thiazole rings is 1. The molecule has 3 rings (SSSR count). The van der Waals surface area contributed by atoms with Crippen LogP contribution in [0.5, 0.6) is 0 Å². The number of amides is 1. The quantitative estimate of drug-likeness (QED) is 0.745. The second kappa shape index (κ2) is 5.81. The SMILES string of the molecule is COC(=O)c1ccc2nc(NC(=O)c3cc(C)nn3C)sc2c1. The number of aromatic nitrogens is 3. The largest absolute Gasteiger partial charge is 0.465 e. The van der Waals surface area contributed by atoms with Gasteiger partial charge in [0.25, 0.3) is 5.91 Å². The zero-order valence-corrected chi connectivity index (χ0v) is 13.6. The third-order valence-electron chi connectivity index (χ3n) is 3.26. The first kappa shape index (κ1) is 15.2. The van der Waals surface area contributed by atoms with Gasteiger partial charge in [0.15, 0.2) is 5.13 Å². The lowest BCUT2D eigenvalue weighted by Crippen LogP contribution is -2.15. The molecule has 2 heterocycles. The first-order valence-electron chi connectivity index (χ1n) is 6.79. The van der Waals surface area contributed by atoms with Gasteiger partial charge in [0.05, 0.1) is 28.6 Å². The number of hydrogen-bond donors (Lipinski definition) is 1. The Bertz CT molecular complexity index is 913. The molecule has 0 radical (unpaired) electrons. The number of carbonyl (C=O) groups excluding carboxylic acids is 2. The number of nitrogens with one attached hydrogen (secondary N) is 1. The molecule has 118 valence electrons. The van der Waals surface area contributed by atoms with E-state index in [2.05, 4.69) is 15.4 Å². The number of esters is 1. The van der Waals surface area contributed by atoms with Gasteiger partial charge in [-0.3, -0.25) is 14.8 Å². The summed E-state index contributed by atoms with van der Waals surface area (Å²) in [5.41, 5.74) is 2.38. The summed E-state index contributed by atoms with van der Waals surface area (Å²) in [6.07, 6.45) is 0. The molecule has 3 aromatic rings. The van der Waals surface area contributed by atoms with Gasteiger partial charge in [-0.05, 0) is 31.2 Å². The minimum Gasteiger partial charge on any atom is -0.465 e. The predicted molar refractivity (Wildman–Crippen MR) is 86.9 cm³/mol. The first-order chi connectivity index (χ1) is 11.0. The Morgan fingerprint density at radius 2 is 2.09 bits per heavy atom. The lowest BCUT2D eigenvalue weighted by Gasteiger charge is -2.00. The van der Waals surface area contributed by atoms with E-state index in [4.69, 9.17) is 4.74 Å². The third-order valence-corrected chi connectivity index (χ3v) is 4.20. The van der Waals surface area contributed by atoms with Gasteiger partial charge < -0.3 is 4.74 Å². The molecular formula is C15H14N4O3S. The number of methoxy groups -OCH3 is 1. The number of aryl methyl sites for hydroxylation is 2. The van der Waals surface area contributed by atoms with E-state index in [-0.39, 0.29) is 5.91 Å². The maximum Gasteiger partial charge on any atom is 0.337 e. The van der Waals surface area contributed by atoms with Gasteiger partial charge in [-0.2, -0.15) is 5.10 Å². The lowest BCUT2D eigenvalue weighted by molar-refractivity contribution is 0.0601. The van der Waals surface area contributed by atoms with E-state index in [9.17, 15) is 9.59 Å². The van der Waals surface area contributed by atoms with Crippen molar-refractivity contribution in [2.24, 2.45) is 7.05 Å². The molecule has 2 aromatic heterocycles. The van der Waals surface area contributed by atoms with Crippen molar-refractivity contribution in [3.05, 3.63) is 41.2 Å². The van der Waals surface area contributed by atoms with Gasteiger partial charge in [0, 0.05) is 7.05 Å². The second-order valence-electron chi connectivity index (χ2n) is 4.94. The van der Waals surface area contributed by atoms with Crippen molar-refractivity contribution in [3.8, 4) is 0 Å². The second-order valence-corrected chi connectivity index (χ2v) is 5.97. The van der Waals surface area contributed by atoms with Gasteiger partial charge in [0.1, 0.15) is 5.69 Å². The Balaban J connectivity index is 1.87. The van der Waals surface area contributed by atoms with E-state index in [1.54, 1.807) is 31.3 Å². The standard InChI is InChI=1S/C15H14N4O3S/c1-8-6-11(19(2)18-8)13(20)17-15-16-10-5-4-9(14(21)22-3)7-12(10)23-15/h4-7H,1-3H3,(H,16,17,20). The highest BCUT2D eigenvalue weighted by molar-refractivity contribution is 7.22. The maximum absolute atomic E-state index is 12.3. The molecule has 7 nitrogen and oxygen atoms in total. The van der Waals surface area contributed by atoms with Gasteiger partial charge in [-0.15, -0.1) is 0 Å². The first-order valence-corrected chi connectivity index (χ1v) is 7.60. The number of nitrogens with zero attached hydrogens (tertiary/aromatic N) is 3. The molecule has 0 fully saturated rings. The molecule has 1 amide bonds. The van der Waals surface area contributed by atoms with Crippen molar-refractivity contribution in [1.82, 2.24) is 14.8 Å². The Morgan fingerprint density at radius 1 is 1.30 bits per heavy atom. The number of hydrogen-bond acceptors (Lipinski definition) is 6. The molecule has 0 unspecified atom stereocenters. The average molecular weight is 330 g/mol. The van der Waals surface area contributed by atoms with Crippen LogP contribution in [0.25, 0.3) is 10.2 Å². The molecule has 0 spiro atoms. The summed E-state index contributed by atoms with van der Waals surface area (Å²) in [7, 11) is 3.05. The monoisotopic (exact) mass is 330 g/mol. The number of ether oxygens (including phenoxy) is 1. The van der Waals surface area contributed by atoms with Crippen molar-refractivity contribution in [2.75, 3.05) is 12.4 Å². The molecule has 8 heteroatoms. The molecule has 0 saturated heterocycles. The Kier molecular flexibility index (Phi) is 3.83. The molecule has 1 N–H and O–H groups in total. The summed E-state index contributed by atoms with van der Waals surface area (Å²) in [5, 5.41) is 7.36. The average Bonchev–Trinajstić information content (AvgIpc) is 3.07. The van der Waals surface area contributed by atoms with Crippen LogP contribution in [0.4, 0.5) is 5.13 Å². The highest BCUT2D eigenvalue weighted by atomic mass is 32.1. The van der Waals surface area contributed by atoms with E-state index >= 15 is 0 Å². The molecule has 0 atom stereocenters. The van der Waals surface area contributed by atoms with Crippen LogP contribution in [0.15, 0.2) is 24.3 Å². The third kappa shape index (κ3) is 2.93. The summed E-state index contributed by atoms with van der Waals surface area (Å²) >= 11 is 1.29. The summed E-state index contributed by atoms with van der Waals surface area (Å²) in [6, 6.07) is 6.77. The lowest BCUT2D eigenvalue weighted by atomic mass is 10.2. The Morgan fingerprint density at radius 3 is 2.74 bits per heavy atom. The van der Waals surface area contributed by atoms with Crippen molar-refractivity contribution < 1.29 is 14.3 Å². The van der Waals surface area contributed by atoms with Gasteiger partial charge in [-0.1, -0.05) is 11.3 Å². The van der Waals surface area contributed by atoms with Crippen LogP contribution in [0, 0.1) is 6.92 Å². The van der Waals surface area contributed by atoms with Crippen LogP contribution in [-0.2, 0) is 11.8 Å². The van der Waals surface area contributed by atoms with Crippen LogP contribution in [-0.4, -0.2) is 33.8 Å². The predicted octanol–water partition coefficient (Wildman–Crippen LogP) is 2.38. The number of carbonyl (C=O) groups is 2. The minimum absolute atomic E-state index is 0.277. The molecule has 0 bridgehead atoms. The summed E-state index contributed by atoms with van der Waals surface area (Å²) in [6.45, 7) is 1.82. The Labute approximate surface area is 135 Å². The van der Waals surface area contributed by atoms with Crippen molar-refractivity contribution in [3.63, 3.8) is 0 Å². The molecule has 0 aliphatic rings. The van der Waals surface area contributed by atoms with Crippen molar-refractivity contribution in [1.29, 1.82) is 0 Å². The van der Waals surface area contributed by atoms with E-state index < -0.39 is 5.97 Å². The van der Waals surface area contributed by atoms with Crippen molar-refractivity contribution in [2.45, 2.75) is 6.92 Å². The highest BCUT2D eigenvalue weighted by Crippen LogP contribution is 2.27. The number of fused-ring (bicyclic) bond motifs is 1. The highest BCUT2D eigenvalue weighted by Gasteiger charge is 2.15. The molecule has 0 aliphatic heterocycles. The fourth-order valence-corrected chi connectivity index (χ4v) is 3.11. The van der Waals surface area contributed by atoms with Crippen molar-refractivity contribution >= 4 is 38.6 Å².